The molecule has 0 aliphatic rings. The van der Waals surface area contributed by atoms with Gasteiger partial charge in [-0.25, -0.2) is 0 Å². The first-order chi connectivity index (χ1) is 6.52. The van der Waals surface area contributed by atoms with Crippen molar-refractivity contribution < 1.29 is 0 Å². The molecule has 0 spiro atoms. The van der Waals surface area contributed by atoms with E-state index in [1.807, 2.05) is 12.4 Å². The summed E-state index contributed by atoms with van der Waals surface area (Å²) in [6.07, 6.45) is 3.80. The van der Waals surface area contributed by atoms with Crippen molar-refractivity contribution in [3.05, 3.63) is 0 Å². The molecule has 0 rings (SSSR count). The smallest absolute Gasteiger partial charge is 0.208 e. The predicted octanol–water partition coefficient (Wildman–Crippen LogP) is 2.55. The molecule has 0 N–H and O–H groups in total. The lowest BCUT2D eigenvalue weighted by atomic mass is 10.2. The number of rotatable bonds is 3. The zero-order valence-electron chi connectivity index (χ0n) is 9.61. The lowest BCUT2D eigenvalue weighted by molar-refractivity contribution is 0.317. The predicted molar refractivity (Wildman–Crippen MR) is 63.2 cm³/mol. The first-order valence-corrected chi connectivity index (χ1v) is 6.02. The fourth-order valence-corrected chi connectivity index (χ4v) is 1.83. The summed E-state index contributed by atoms with van der Waals surface area (Å²) in [6, 6.07) is 0.386. The number of hydrogen-bond acceptors (Lipinski definition) is 3. The van der Waals surface area contributed by atoms with Crippen molar-refractivity contribution in [1.82, 2.24) is 4.90 Å². The Balaban J connectivity index is 4.63. The molecule has 0 unspecified atom stereocenters. The monoisotopic (exact) mass is 213 g/mol. The molecule has 0 aromatic carbocycles. The van der Waals surface area contributed by atoms with Crippen molar-refractivity contribution in [3.63, 3.8) is 0 Å². The van der Waals surface area contributed by atoms with Gasteiger partial charge in [-0.15, -0.1) is 4.99 Å². The fourth-order valence-electron chi connectivity index (χ4n) is 1.17. The van der Waals surface area contributed by atoms with Gasteiger partial charge in [0.15, 0.2) is 5.17 Å². The molecule has 0 bridgehead atoms. The Morgan fingerprint density at radius 3 is 2.29 bits per heavy atom. The van der Waals surface area contributed by atoms with Crippen LogP contribution in [0, 0.1) is 17.4 Å². The van der Waals surface area contributed by atoms with Gasteiger partial charge in [0.25, 0.3) is 0 Å². The van der Waals surface area contributed by atoms with Gasteiger partial charge < -0.3 is 4.90 Å². The van der Waals surface area contributed by atoms with E-state index >= 15 is 0 Å². The van der Waals surface area contributed by atoms with Gasteiger partial charge >= 0.3 is 0 Å². The van der Waals surface area contributed by atoms with Gasteiger partial charge in [-0.3, -0.25) is 0 Å². The molecule has 0 aromatic rings. The summed E-state index contributed by atoms with van der Waals surface area (Å²) >= 11 is 1.53. The molecule has 4 heteroatoms. The molecule has 3 nitrogen and oxygen atoms in total. The van der Waals surface area contributed by atoms with Crippen LogP contribution in [0.25, 0.3) is 0 Å². The van der Waals surface area contributed by atoms with Crippen molar-refractivity contribution >= 4 is 16.9 Å². The number of aliphatic imine (C=N–C) groups is 1. The maximum absolute atomic E-state index is 8.56. The summed E-state index contributed by atoms with van der Waals surface area (Å²) in [7, 11) is 0. The molecule has 0 radical (unpaired) electrons. The minimum absolute atomic E-state index is 0.386. The Bertz CT molecular complexity index is 228. The summed E-state index contributed by atoms with van der Waals surface area (Å²) in [5, 5.41) is 9.37. The van der Waals surface area contributed by atoms with Crippen molar-refractivity contribution in [1.29, 1.82) is 5.26 Å². The third-order valence-corrected chi connectivity index (χ3v) is 2.45. The van der Waals surface area contributed by atoms with Gasteiger partial charge in [0.05, 0.1) is 0 Å². The van der Waals surface area contributed by atoms with Gasteiger partial charge in [0.2, 0.25) is 6.19 Å². The van der Waals surface area contributed by atoms with E-state index in [2.05, 4.69) is 37.6 Å². The minimum Gasteiger partial charge on any atom is -0.348 e. The van der Waals surface area contributed by atoms with E-state index < -0.39 is 0 Å². The zero-order valence-corrected chi connectivity index (χ0v) is 10.4. The lowest BCUT2D eigenvalue weighted by Gasteiger charge is -2.29. The Labute approximate surface area is 91.2 Å². The third kappa shape index (κ3) is 4.52. The molecule has 0 saturated carbocycles. The van der Waals surface area contributed by atoms with Crippen LogP contribution < -0.4 is 0 Å². The molecular formula is C10H19N3S. The maximum atomic E-state index is 8.56. The highest BCUT2D eigenvalue weighted by atomic mass is 32.2. The van der Waals surface area contributed by atoms with Gasteiger partial charge in [0, 0.05) is 12.6 Å². The van der Waals surface area contributed by atoms with E-state index in [1.54, 1.807) is 0 Å². The van der Waals surface area contributed by atoms with Crippen LogP contribution in [0.4, 0.5) is 0 Å². The first kappa shape index (κ1) is 13.3. The van der Waals surface area contributed by atoms with E-state index in [9.17, 15) is 0 Å². The Morgan fingerprint density at radius 2 is 2.00 bits per heavy atom. The van der Waals surface area contributed by atoms with Crippen molar-refractivity contribution in [2.45, 2.75) is 33.7 Å². The highest BCUT2D eigenvalue weighted by Crippen LogP contribution is 2.12. The molecule has 0 aliphatic carbocycles. The molecular weight excluding hydrogens is 194 g/mol. The second-order valence-electron chi connectivity index (χ2n) is 3.84. The quantitative estimate of drug-likeness (QED) is 0.411. The van der Waals surface area contributed by atoms with Gasteiger partial charge in [-0.1, -0.05) is 25.6 Å². The maximum Gasteiger partial charge on any atom is 0.208 e. The lowest BCUT2D eigenvalue weighted by Crippen LogP contribution is -2.37. The van der Waals surface area contributed by atoms with Gasteiger partial charge in [-0.05, 0) is 26.0 Å². The number of thioether (sulfide) groups is 1. The molecule has 0 aliphatic heterocycles. The van der Waals surface area contributed by atoms with Crippen LogP contribution >= 0.6 is 11.8 Å². The molecule has 14 heavy (non-hydrogen) atoms. The van der Waals surface area contributed by atoms with Crippen molar-refractivity contribution in [3.8, 4) is 6.19 Å². The summed E-state index contributed by atoms with van der Waals surface area (Å²) < 4.78 is 0. The molecule has 0 heterocycles. The number of nitriles is 1. The molecule has 0 aromatic heterocycles. The number of hydrogen-bond donors (Lipinski definition) is 0. The van der Waals surface area contributed by atoms with E-state index in [4.69, 9.17) is 5.26 Å². The second-order valence-corrected chi connectivity index (χ2v) is 4.61. The van der Waals surface area contributed by atoms with Crippen LogP contribution in [-0.2, 0) is 0 Å². The fraction of sp³-hybridized carbons (Fsp3) is 0.800. The van der Waals surface area contributed by atoms with Crippen molar-refractivity contribution in [2.24, 2.45) is 10.9 Å². The van der Waals surface area contributed by atoms with Crippen LogP contribution in [0.5, 0.6) is 0 Å². The summed E-state index contributed by atoms with van der Waals surface area (Å²) in [4.78, 5) is 5.99. The minimum atomic E-state index is 0.386. The van der Waals surface area contributed by atoms with Crippen molar-refractivity contribution in [2.75, 3.05) is 12.8 Å². The highest BCUT2D eigenvalue weighted by Gasteiger charge is 2.15. The van der Waals surface area contributed by atoms with Crippen LogP contribution in [-0.4, -0.2) is 28.9 Å². The van der Waals surface area contributed by atoms with E-state index in [1.165, 1.54) is 11.8 Å². The standard InChI is InChI=1S/C10H19N3S/c1-8(2)6-13(9(3)4)10(14-5)12-7-11/h8-9H,6H2,1-5H3. The molecule has 0 saturated heterocycles. The summed E-state index contributed by atoms with van der Waals surface area (Å²) in [5.74, 6) is 0.577. The number of amidine groups is 1. The highest BCUT2D eigenvalue weighted by molar-refractivity contribution is 8.13. The average molecular weight is 213 g/mol. The number of nitrogens with zero attached hydrogens (tertiary/aromatic N) is 3. The van der Waals surface area contributed by atoms with Gasteiger partial charge in [0.1, 0.15) is 0 Å². The van der Waals surface area contributed by atoms with Crippen LogP contribution in [0.15, 0.2) is 4.99 Å². The van der Waals surface area contributed by atoms with Crippen LogP contribution in [0.3, 0.4) is 0 Å². The van der Waals surface area contributed by atoms with E-state index in [0.717, 1.165) is 11.7 Å². The molecule has 80 valence electrons. The largest absolute Gasteiger partial charge is 0.348 e. The average Bonchev–Trinajstić information content (AvgIpc) is 2.10. The molecule has 0 atom stereocenters. The molecule has 0 fully saturated rings. The summed E-state index contributed by atoms with van der Waals surface area (Å²) in [6.45, 7) is 9.51. The van der Waals surface area contributed by atoms with Crippen LogP contribution in [0.2, 0.25) is 0 Å². The Hall–Kier alpha value is -0.690. The Morgan fingerprint density at radius 1 is 1.43 bits per heavy atom. The third-order valence-electron chi connectivity index (χ3n) is 1.76. The first-order valence-electron chi connectivity index (χ1n) is 4.80. The summed E-state index contributed by atoms with van der Waals surface area (Å²) in [5.41, 5.74) is 0. The van der Waals surface area contributed by atoms with E-state index in [0.29, 0.717) is 12.0 Å². The topological polar surface area (TPSA) is 39.4 Å². The SMILES string of the molecule is CSC(=NC#N)N(CC(C)C)C(C)C. The molecule has 0 amide bonds. The van der Waals surface area contributed by atoms with E-state index in [-0.39, 0.29) is 0 Å². The van der Waals surface area contributed by atoms with Gasteiger partial charge in [-0.2, -0.15) is 5.26 Å². The van der Waals surface area contributed by atoms with Crippen LogP contribution in [0.1, 0.15) is 27.7 Å². The Kier molecular flexibility index (Phi) is 6.39. The normalized spacial score (nSPS) is 12.0. The second kappa shape index (κ2) is 6.72. The zero-order chi connectivity index (χ0) is 11.1.